The molecule has 1 heterocycles. The smallest absolute Gasteiger partial charge is 0.315 e. The number of hydrogen-bond donors (Lipinski definition) is 4. The SMILES string of the molecule is CC(CNC(=O)NCC(=O)N1CCNCC1)C(=O)O. The van der Waals surface area contributed by atoms with E-state index in [9.17, 15) is 14.4 Å². The highest BCUT2D eigenvalue weighted by Crippen LogP contribution is 1.93. The highest BCUT2D eigenvalue weighted by atomic mass is 16.4. The summed E-state index contributed by atoms with van der Waals surface area (Å²) in [6.07, 6.45) is 0. The fourth-order valence-electron chi connectivity index (χ4n) is 1.58. The molecular formula is C11H20N4O4. The van der Waals surface area contributed by atoms with Gasteiger partial charge in [-0.1, -0.05) is 6.92 Å². The van der Waals surface area contributed by atoms with Gasteiger partial charge in [-0.25, -0.2) is 4.79 Å². The average molecular weight is 272 g/mol. The minimum atomic E-state index is -0.975. The molecule has 8 nitrogen and oxygen atoms in total. The van der Waals surface area contributed by atoms with Crippen molar-refractivity contribution >= 4 is 17.9 Å². The van der Waals surface area contributed by atoms with Crippen molar-refractivity contribution in [3.63, 3.8) is 0 Å². The minimum absolute atomic E-state index is 0.0307. The summed E-state index contributed by atoms with van der Waals surface area (Å²) in [4.78, 5) is 35.3. The number of nitrogens with zero attached hydrogens (tertiary/aromatic N) is 1. The number of carbonyl (C=O) groups is 3. The number of carboxylic acid groups (broad SMARTS) is 1. The predicted octanol–water partition coefficient (Wildman–Crippen LogP) is -1.56. The average Bonchev–Trinajstić information content (AvgIpc) is 2.42. The van der Waals surface area contributed by atoms with E-state index < -0.39 is 17.9 Å². The zero-order valence-corrected chi connectivity index (χ0v) is 10.9. The van der Waals surface area contributed by atoms with E-state index in [0.717, 1.165) is 13.1 Å². The summed E-state index contributed by atoms with van der Waals surface area (Å²) < 4.78 is 0. The lowest BCUT2D eigenvalue weighted by molar-refractivity contribution is -0.140. The Morgan fingerprint density at radius 3 is 2.47 bits per heavy atom. The molecule has 1 atom stereocenters. The number of carboxylic acids is 1. The van der Waals surface area contributed by atoms with Crippen LogP contribution in [0.3, 0.4) is 0 Å². The molecule has 0 bridgehead atoms. The van der Waals surface area contributed by atoms with Crippen molar-refractivity contribution in [3.8, 4) is 0 Å². The Bertz CT molecular complexity index is 342. The Hall–Kier alpha value is -1.83. The van der Waals surface area contributed by atoms with Gasteiger partial charge in [-0.15, -0.1) is 0 Å². The molecular weight excluding hydrogens is 252 g/mol. The van der Waals surface area contributed by atoms with E-state index in [1.54, 1.807) is 4.90 Å². The number of amides is 3. The van der Waals surface area contributed by atoms with Gasteiger partial charge in [-0.2, -0.15) is 0 Å². The van der Waals surface area contributed by atoms with E-state index in [1.807, 2.05) is 0 Å². The Balaban J connectivity index is 2.18. The van der Waals surface area contributed by atoms with Crippen molar-refractivity contribution in [1.82, 2.24) is 20.9 Å². The van der Waals surface area contributed by atoms with Crippen molar-refractivity contribution in [2.75, 3.05) is 39.3 Å². The van der Waals surface area contributed by atoms with Crippen LogP contribution >= 0.6 is 0 Å². The molecule has 1 saturated heterocycles. The van der Waals surface area contributed by atoms with Crippen LogP contribution in [0.2, 0.25) is 0 Å². The van der Waals surface area contributed by atoms with Gasteiger partial charge in [0.15, 0.2) is 0 Å². The first kappa shape index (κ1) is 15.2. The first-order valence-corrected chi connectivity index (χ1v) is 6.23. The second-order valence-electron chi connectivity index (χ2n) is 4.43. The van der Waals surface area contributed by atoms with E-state index in [2.05, 4.69) is 16.0 Å². The summed E-state index contributed by atoms with van der Waals surface area (Å²) in [6.45, 7) is 4.24. The third kappa shape index (κ3) is 5.56. The molecule has 0 aromatic carbocycles. The first-order chi connectivity index (χ1) is 9.00. The van der Waals surface area contributed by atoms with Gasteiger partial charge < -0.3 is 26.0 Å². The van der Waals surface area contributed by atoms with Crippen LogP contribution in [0, 0.1) is 5.92 Å². The van der Waals surface area contributed by atoms with Gasteiger partial charge in [-0.3, -0.25) is 9.59 Å². The minimum Gasteiger partial charge on any atom is -0.481 e. The van der Waals surface area contributed by atoms with Gasteiger partial charge in [0.1, 0.15) is 0 Å². The standard InChI is InChI=1S/C11H20N4O4/c1-8(10(17)18)6-13-11(19)14-7-9(16)15-4-2-12-3-5-15/h8,12H,2-7H2,1H3,(H,17,18)(H2,13,14,19). The van der Waals surface area contributed by atoms with E-state index in [1.165, 1.54) is 6.92 Å². The molecule has 0 aliphatic carbocycles. The number of piperazine rings is 1. The van der Waals surface area contributed by atoms with Gasteiger partial charge in [0.2, 0.25) is 5.91 Å². The zero-order valence-electron chi connectivity index (χ0n) is 10.9. The molecule has 3 amide bonds. The summed E-state index contributed by atoms with van der Waals surface area (Å²) in [5.74, 6) is -1.77. The molecule has 0 aromatic rings. The summed E-state index contributed by atoms with van der Waals surface area (Å²) in [5, 5.41) is 16.6. The van der Waals surface area contributed by atoms with Crippen molar-refractivity contribution in [3.05, 3.63) is 0 Å². The normalized spacial score (nSPS) is 16.6. The molecule has 1 aliphatic heterocycles. The Labute approximate surface area is 111 Å². The van der Waals surface area contributed by atoms with Gasteiger partial charge in [0, 0.05) is 32.7 Å². The molecule has 108 valence electrons. The Morgan fingerprint density at radius 1 is 1.26 bits per heavy atom. The molecule has 0 spiro atoms. The largest absolute Gasteiger partial charge is 0.481 e. The third-order valence-electron chi connectivity index (χ3n) is 2.86. The van der Waals surface area contributed by atoms with E-state index in [0.29, 0.717) is 13.1 Å². The predicted molar refractivity (Wildman–Crippen MR) is 67.7 cm³/mol. The van der Waals surface area contributed by atoms with Crippen LogP contribution in [-0.2, 0) is 9.59 Å². The molecule has 1 fully saturated rings. The molecule has 0 aromatic heterocycles. The lowest BCUT2D eigenvalue weighted by Gasteiger charge is -2.27. The van der Waals surface area contributed by atoms with Crippen molar-refractivity contribution in [2.24, 2.45) is 5.92 Å². The van der Waals surface area contributed by atoms with Crippen molar-refractivity contribution in [2.45, 2.75) is 6.92 Å². The number of carbonyl (C=O) groups excluding carboxylic acids is 2. The van der Waals surface area contributed by atoms with E-state index in [-0.39, 0.29) is 19.0 Å². The number of hydrogen-bond acceptors (Lipinski definition) is 4. The van der Waals surface area contributed by atoms with Crippen LogP contribution in [0.4, 0.5) is 4.79 Å². The quantitative estimate of drug-likeness (QED) is 0.483. The van der Waals surface area contributed by atoms with Crippen molar-refractivity contribution in [1.29, 1.82) is 0 Å². The lowest BCUT2D eigenvalue weighted by Crippen LogP contribution is -2.50. The molecule has 1 unspecified atom stereocenters. The van der Waals surface area contributed by atoms with E-state index in [4.69, 9.17) is 5.11 Å². The zero-order chi connectivity index (χ0) is 14.3. The van der Waals surface area contributed by atoms with Gasteiger partial charge in [0.05, 0.1) is 12.5 Å². The van der Waals surface area contributed by atoms with Crippen molar-refractivity contribution < 1.29 is 19.5 Å². The molecule has 0 radical (unpaired) electrons. The number of urea groups is 1. The van der Waals surface area contributed by atoms with Crippen LogP contribution in [-0.4, -0.2) is 67.2 Å². The molecule has 19 heavy (non-hydrogen) atoms. The fourth-order valence-corrected chi connectivity index (χ4v) is 1.58. The highest BCUT2D eigenvalue weighted by Gasteiger charge is 2.17. The lowest BCUT2D eigenvalue weighted by atomic mass is 10.2. The topological polar surface area (TPSA) is 111 Å². The molecule has 0 saturated carbocycles. The molecule has 8 heteroatoms. The van der Waals surface area contributed by atoms with Crippen LogP contribution in [0.25, 0.3) is 0 Å². The number of nitrogens with one attached hydrogen (secondary N) is 3. The van der Waals surface area contributed by atoms with Gasteiger partial charge in [-0.05, 0) is 0 Å². The summed E-state index contributed by atoms with van der Waals surface area (Å²) in [6, 6.07) is -0.531. The van der Waals surface area contributed by atoms with E-state index >= 15 is 0 Å². The maximum absolute atomic E-state index is 11.7. The highest BCUT2D eigenvalue weighted by molar-refractivity contribution is 5.84. The van der Waals surface area contributed by atoms with Crippen LogP contribution in [0.15, 0.2) is 0 Å². The molecule has 4 N–H and O–H groups in total. The maximum atomic E-state index is 11.7. The third-order valence-corrected chi connectivity index (χ3v) is 2.86. The Morgan fingerprint density at radius 2 is 1.89 bits per heavy atom. The summed E-state index contributed by atoms with van der Waals surface area (Å²) in [7, 11) is 0. The van der Waals surface area contributed by atoms with Gasteiger partial charge in [0.25, 0.3) is 0 Å². The maximum Gasteiger partial charge on any atom is 0.315 e. The first-order valence-electron chi connectivity index (χ1n) is 6.23. The van der Waals surface area contributed by atoms with Crippen LogP contribution in [0.1, 0.15) is 6.92 Å². The monoisotopic (exact) mass is 272 g/mol. The Kier molecular flexibility index (Phi) is 6.07. The fraction of sp³-hybridized carbons (Fsp3) is 0.727. The van der Waals surface area contributed by atoms with Crippen LogP contribution in [0.5, 0.6) is 0 Å². The second-order valence-corrected chi connectivity index (χ2v) is 4.43. The summed E-state index contributed by atoms with van der Waals surface area (Å²) in [5.41, 5.74) is 0. The molecule has 1 rings (SSSR count). The number of rotatable bonds is 5. The number of aliphatic carboxylic acids is 1. The second kappa shape index (κ2) is 7.57. The molecule has 1 aliphatic rings. The van der Waals surface area contributed by atoms with Crippen LogP contribution < -0.4 is 16.0 Å². The van der Waals surface area contributed by atoms with Gasteiger partial charge >= 0.3 is 12.0 Å². The summed E-state index contributed by atoms with van der Waals surface area (Å²) >= 11 is 0.